The number of phenols is 1. The van der Waals surface area contributed by atoms with Crippen LogP contribution in [-0.2, 0) is 9.53 Å². The van der Waals surface area contributed by atoms with Crippen LogP contribution in [0.1, 0.15) is 24.5 Å². The number of fused-ring (bicyclic) bond motifs is 1. The van der Waals surface area contributed by atoms with Crippen molar-refractivity contribution in [1.29, 1.82) is 0 Å². The molecule has 5 N–H and O–H groups in total. The van der Waals surface area contributed by atoms with Crippen molar-refractivity contribution >= 4 is 39.8 Å². The van der Waals surface area contributed by atoms with Crippen LogP contribution in [0, 0.1) is 5.82 Å². The highest BCUT2D eigenvalue weighted by Crippen LogP contribution is 2.32. The number of benzene rings is 5. The van der Waals surface area contributed by atoms with Crippen LogP contribution in [0.3, 0.4) is 0 Å². The number of allylic oxidation sites excluding steroid dienone is 1. The number of nitrogens with one attached hydrogen (secondary N) is 2. The molecule has 0 aliphatic carbocycles. The largest absolute Gasteiger partial charge is 0.505 e. The number of ether oxygens (including phenoxy) is 2. The van der Waals surface area contributed by atoms with Gasteiger partial charge in [0.25, 0.3) is 0 Å². The highest BCUT2D eigenvalue weighted by molar-refractivity contribution is 6.01. The minimum atomic E-state index is -1.10. The summed E-state index contributed by atoms with van der Waals surface area (Å²) in [6, 6.07) is 32.8. The van der Waals surface area contributed by atoms with E-state index in [0.717, 1.165) is 16.8 Å². The van der Waals surface area contributed by atoms with E-state index in [1.165, 1.54) is 18.2 Å². The van der Waals surface area contributed by atoms with Gasteiger partial charge < -0.3 is 25.6 Å². The number of anilines is 3. The minimum Gasteiger partial charge on any atom is -0.505 e. The van der Waals surface area contributed by atoms with Gasteiger partial charge in [-0.3, -0.25) is 10.1 Å². The molecule has 0 heterocycles. The number of amides is 2. The Bertz CT molecular complexity index is 1810. The molecular weight excluding hydrogens is 573 g/mol. The topological polar surface area (TPSA) is 123 Å². The summed E-state index contributed by atoms with van der Waals surface area (Å²) < 4.78 is 26.8. The summed E-state index contributed by atoms with van der Waals surface area (Å²) in [6.07, 6.45) is 0.993. The van der Waals surface area contributed by atoms with Gasteiger partial charge in [0, 0.05) is 5.39 Å². The van der Waals surface area contributed by atoms with Crippen LogP contribution < -0.4 is 21.1 Å². The van der Waals surface area contributed by atoms with Gasteiger partial charge >= 0.3 is 6.09 Å². The van der Waals surface area contributed by atoms with Gasteiger partial charge in [0.1, 0.15) is 11.9 Å². The van der Waals surface area contributed by atoms with Gasteiger partial charge in [-0.05, 0) is 72.3 Å². The summed E-state index contributed by atoms with van der Waals surface area (Å²) in [5.41, 5.74) is 7.68. The van der Waals surface area contributed by atoms with Crippen LogP contribution >= 0.6 is 0 Å². The van der Waals surface area contributed by atoms with Crippen LogP contribution in [0.2, 0.25) is 0 Å². The summed E-state index contributed by atoms with van der Waals surface area (Å²) in [4.78, 5) is 25.9. The molecule has 0 aromatic heterocycles. The Morgan fingerprint density at radius 2 is 1.56 bits per heavy atom. The minimum absolute atomic E-state index is 0.278. The van der Waals surface area contributed by atoms with Gasteiger partial charge in [-0.2, -0.15) is 0 Å². The van der Waals surface area contributed by atoms with E-state index < -0.39 is 29.9 Å². The molecule has 5 rings (SSSR count). The van der Waals surface area contributed by atoms with E-state index in [1.807, 2.05) is 42.5 Å². The fourth-order valence-corrected chi connectivity index (χ4v) is 4.83. The van der Waals surface area contributed by atoms with E-state index in [1.54, 1.807) is 60.7 Å². The Morgan fingerprint density at radius 1 is 0.844 bits per heavy atom. The number of aromatic hydroxyl groups is 1. The lowest BCUT2D eigenvalue weighted by molar-refractivity contribution is -0.111. The Labute approximate surface area is 259 Å². The molecular formula is C36H32FN3O5. The van der Waals surface area contributed by atoms with Crippen molar-refractivity contribution in [3.8, 4) is 11.5 Å². The summed E-state index contributed by atoms with van der Waals surface area (Å²) in [6.45, 7) is 0. The van der Waals surface area contributed by atoms with Crippen molar-refractivity contribution in [3.63, 3.8) is 0 Å². The molecule has 0 bridgehead atoms. The maximum Gasteiger partial charge on any atom is 0.412 e. The second-order valence-corrected chi connectivity index (χ2v) is 10.2. The quantitative estimate of drug-likeness (QED) is 0.0894. The lowest BCUT2D eigenvalue weighted by Crippen LogP contribution is -2.31. The van der Waals surface area contributed by atoms with Gasteiger partial charge in [-0.1, -0.05) is 78.9 Å². The lowest BCUT2D eigenvalue weighted by Gasteiger charge is -2.28. The molecule has 0 aliphatic rings. The number of nitrogens with two attached hydrogens (primary N) is 1. The number of phenolic OH excluding ortho intramolecular Hbond substituents is 1. The van der Waals surface area contributed by atoms with Crippen molar-refractivity contribution in [2.45, 2.75) is 25.0 Å². The van der Waals surface area contributed by atoms with Gasteiger partial charge in [0.15, 0.2) is 17.7 Å². The van der Waals surface area contributed by atoms with Crippen LogP contribution in [0.15, 0.2) is 127 Å². The fraction of sp³-hybridized carbons (Fsp3) is 0.111. The maximum absolute atomic E-state index is 14.6. The zero-order valence-corrected chi connectivity index (χ0v) is 24.2. The second kappa shape index (κ2) is 14.6. The summed E-state index contributed by atoms with van der Waals surface area (Å²) in [7, 11) is 0. The van der Waals surface area contributed by atoms with Crippen molar-refractivity contribution < 1.29 is 28.6 Å². The first-order chi connectivity index (χ1) is 21.9. The maximum atomic E-state index is 14.6. The van der Waals surface area contributed by atoms with Gasteiger partial charge in [-0.15, -0.1) is 0 Å². The number of hydrogen-bond acceptors (Lipinski definition) is 6. The van der Waals surface area contributed by atoms with Crippen LogP contribution in [0.25, 0.3) is 10.8 Å². The normalized spacial score (nSPS) is 12.4. The highest BCUT2D eigenvalue weighted by atomic mass is 19.1. The first-order valence-corrected chi connectivity index (χ1v) is 14.3. The molecule has 0 radical (unpaired) electrons. The second-order valence-electron chi connectivity index (χ2n) is 10.2. The summed E-state index contributed by atoms with van der Waals surface area (Å²) in [5, 5.41) is 17.1. The van der Waals surface area contributed by atoms with E-state index in [9.17, 15) is 19.1 Å². The number of carbonyl (C=O) groups is 2. The standard InChI is InChI=1S/C36H32FN3O5/c37-28-23-25(21-22-32(28)41)35(45-36(43)40-30-18-10-12-24-11-4-5-15-27(24)30)33(44-26-13-2-1-3-14-26)19-8-9-20-34(42)39-31-17-7-6-16-29(31)38/h1-7,9-18,20-23,33,35,41H,8,19,38H2,(H,39,42)(H,40,43)/b20-9+/t33-,35-/m1/s1. The first-order valence-electron chi connectivity index (χ1n) is 14.3. The molecule has 9 heteroatoms. The monoisotopic (exact) mass is 605 g/mol. The van der Waals surface area contributed by atoms with Crippen LogP contribution in [-0.4, -0.2) is 23.2 Å². The Balaban J connectivity index is 1.38. The predicted molar refractivity (Wildman–Crippen MR) is 174 cm³/mol. The van der Waals surface area contributed by atoms with Crippen molar-refractivity contribution in [1.82, 2.24) is 0 Å². The van der Waals surface area contributed by atoms with Crippen molar-refractivity contribution in [2.24, 2.45) is 0 Å². The van der Waals surface area contributed by atoms with E-state index in [4.69, 9.17) is 15.2 Å². The molecule has 45 heavy (non-hydrogen) atoms. The van der Waals surface area contributed by atoms with E-state index in [0.29, 0.717) is 29.2 Å². The van der Waals surface area contributed by atoms with Crippen LogP contribution in [0.5, 0.6) is 11.5 Å². The number of hydrogen-bond donors (Lipinski definition) is 4. The van der Waals surface area contributed by atoms with Crippen molar-refractivity contribution in [2.75, 3.05) is 16.4 Å². The summed E-state index contributed by atoms with van der Waals surface area (Å²) >= 11 is 0. The zero-order valence-electron chi connectivity index (χ0n) is 24.2. The molecule has 0 unspecified atom stereocenters. The Kier molecular flexibility index (Phi) is 9.91. The third kappa shape index (κ3) is 8.17. The lowest BCUT2D eigenvalue weighted by atomic mass is 9.99. The fourth-order valence-electron chi connectivity index (χ4n) is 4.83. The Hall–Kier alpha value is -5.83. The molecule has 2 amide bonds. The Morgan fingerprint density at radius 3 is 2.36 bits per heavy atom. The van der Waals surface area contributed by atoms with E-state index in [-0.39, 0.29) is 17.9 Å². The zero-order chi connectivity index (χ0) is 31.6. The van der Waals surface area contributed by atoms with Gasteiger partial charge in [0.2, 0.25) is 5.91 Å². The van der Waals surface area contributed by atoms with Crippen molar-refractivity contribution in [3.05, 3.63) is 139 Å². The SMILES string of the molecule is Nc1ccccc1NC(=O)/C=C/CC[C@@H](Oc1ccccc1)[C@H](OC(=O)Nc1cccc2ccccc12)c1ccc(O)c(F)c1. The first kappa shape index (κ1) is 30.6. The van der Waals surface area contributed by atoms with E-state index in [2.05, 4.69) is 10.6 Å². The average Bonchev–Trinajstić information content (AvgIpc) is 3.04. The third-order valence-electron chi connectivity index (χ3n) is 7.03. The molecule has 5 aromatic carbocycles. The predicted octanol–water partition coefficient (Wildman–Crippen LogP) is 7.98. The molecule has 5 aromatic rings. The average molecular weight is 606 g/mol. The molecule has 0 saturated heterocycles. The molecule has 228 valence electrons. The molecule has 8 nitrogen and oxygen atoms in total. The molecule has 0 spiro atoms. The number of para-hydroxylation sites is 3. The van der Waals surface area contributed by atoms with Crippen LogP contribution in [0.4, 0.5) is 26.2 Å². The third-order valence-corrected chi connectivity index (χ3v) is 7.03. The number of nitrogen functional groups attached to an aromatic ring is 1. The highest BCUT2D eigenvalue weighted by Gasteiger charge is 2.30. The molecule has 2 atom stereocenters. The molecule has 0 fully saturated rings. The summed E-state index contributed by atoms with van der Waals surface area (Å²) in [5.74, 6) is -1.26. The number of rotatable bonds is 11. The number of carbonyl (C=O) groups excluding carboxylic acids is 2. The van der Waals surface area contributed by atoms with Gasteiger partial charge in [-0.25, -0.2) is 9.18 Å². The number of halogens is 1. The smallest absolute Gasteiger partial charge is 0.412 e. The van der Waals surface area contributed by atoms with E-state index >= 15 is 0 Å². The molecule has 0 aliphatic heterocycles. The molecule has 0 saturated carbocycles. The van der Waals surface area contributed by atoms with Gasteiger partial charge in [0.05, 0.1) is 17.1 Å².